The van der Waals surface area contributed by atoms with E-state index >= 15 is 0 Å². The van der Waals surface area contributed by atoms with Gasteiger partial charge in [-0.25, -0.2) is 9.78 Å². The molecule has 1 aliphatic carbocycles. The lowest BCUT2D eigenvalue weighted by atomic mass is 9.57. The molecule has 1 aromatic heterocycles. The van der Waals surface area contributed by atoms with Crippen molar-refractivity contribution in [2.45, 2.75) is 45.8 Å². The Labute approximate surface area is 217 Å². The third-order valence-corrected chi connectivity index (χ3v) is 7.37. The van der Waals surface area contributed by atoms with Gasteiger partial charge in [-0.1, -0.05) is 17.7 Å². The summed E-state index contributed by atoms with van der Waals surface area (Å²) >= 11 is 6.36. The van der Waals surface area contributed by atoms with Gasteiger partial charge in [-0.15, -0.1) is 5.10 Å². The number of nitrogens with zero attached hydrogens (tertiary/aromatic N) is 6. The van der Waals surface area contributed by atoms with Gasteiger partial charge in [0.15, 0.2) is 0 Å². The SMILES string of the molecule is C=N/N=C(/C1CC2(C1)CN(c1ccccn1)C2)N1CCN(C(=O)OC(C)(C)C)Cc2cc(Cl)ccc21. The van der Waals surface area contributed by atoms with Crippen molar-refractivity contribution in [3.8, 4) is 0 Å². The fourth-order valence-corrected chi connectivity index (χ4v) is 5.81. The number of fused-ring (bicyclic) bond motifs is 1. The maximum atomic E-state index is 12.9. The van der Waals surface area contributed by atoms with E-state index in [0.717, 1.165) is 48.8 Å². The molecule has 1 aromatic carbocycles. The predicted octanol–water partition coefficient (Wildman–Crippen LogP) is 5.22. The van der Waals surface area contributed by atoms with Gasteiger partial charge in [0.25, 0.3) is 0 Å². The second-order valence-corrected chi connectivity index (χ2v) is 11.5. The quantitative estimate of drug-likeness (QED) is 0.323. The fraction of sp³-hybridized carbons (Fsp3) is 0.481. The minimum Gasteiger partial charge on any atom is -0.444 e. The Balaban J connectivity index is 1.33. The van der Waals surface area contributed by atoms with Crippen molar-refractivity contribution in [3.05, 3.63) is 53.2 Å². The van der Waals surface area contributed by atoms with E-state index in [1.165, 1.54) is 0 Å². The number of aromatic nitrogens is 1. The Morgan fingerprint density at radius 1 is 1.19 bits per heavy atom. The van der Waals surface area contributed by atoms with Crippen LogP contribution in [0.3, 0.4) is 0 Å². The molecule has 0 radical (unpaired) electrons. The average Bonchev–Trinajstić information content (AvgIpc) is 2.95. The Kier molecular flexibility index (Phi) is 6.41. The summed E-state index contributed by atoms with van der Waals surface area (Å²) < 4.78 is 5.66. The molecule has 2 fully saturated rings. The molecule has 1 spiro atoms. The van der Waals surface area contributed by atoms with Crippen molar-refractivity contribution in [3.63, 3.8) is 0 Å². The first-order valence-corrected chi connectivity index (χ1v) is 12.8. The third kappa shape index (κ3) is 4.91. The fourth-order valence-electron chi connectivity index (χ4n) is 5.61. The zero-order valence-electron chi connectivity index (χ0n) is 21.2. The van der Waals surface area contributed by atoms with E-state index in [1.54, 1.807) is 4.90 Å². The van der Waals surface area contributed by atoms with E-state index < -0.39 is 5.60 Å². The second kappa shape index (κ2) is 9.39. The first kappa shape index (κ1) is 24.6. The highest BCUT2D eigenvalue weighted by Crippen LogP contribution is 2.53. The maximum Gasteiger partial charge on any atom is 0.410 e. The van der Waals surface area contributed by atoms with Gasteiger partial charge in [-0.05, 0) is 69.5 Å². The minimum atomic E-state index is -0.564. The number of carbonyl (C=O) groups is 1. The number of amides is 1. The summed E-state index contributed by atoms with van der Waals surface area (Å²) in [5.41, 5.74) is 1.69. The molecule has 8 nitrogen and oxygen atoms in total. The lowest BCUT2D eigenvalue weighted by Gasteiger charge is -2.60. The first-order chi connectivity index (χ1) is 17.2. The minimum absolute atomic E-state index is 0.276. The average molecular weight is 509 g/mol. The molecular weight excluding hydrogens is 476 g/mol. The van der Waals surface area contributed by atoms with Crippen LogP contribution in [-0.4, -0.2) is 60.3 Å². The zero-order valence-corrected chi connectivity index (χ0v) is 21.9. The highest BCUT2D eigenvalue weighted by atomic mass is 35.5. The number of halogens is 1. The van der Waals surface area contributed by atoms with Crippen LogP contribution in [0, 0.1) is 11.3 Å². The Hall–Kier alpha value is -3.13. The predicted molar refractivity (Wildman–Crippen MR) is 144 cm³/mol. The highest BCUT2D eigenvalue weighted by molar-refractivity contribution is 6.30. The van der Waals surface area contributed by atoms with Crippen LogP contribution in [0.4, 0.5) is 16.3 Å². The summed E-state index contributed by atoms with van der Waals surface area (Å²) in [7, 11) is 0. The number of hydrogen-bond donors (Lipinski definition) is 0. The van der Waals surface area contributed by atoms with E-state index in [2.05, 4.69) is 37.8 Å². The third-order valence-electron chi connectivity index (χ3n) is 7.14. The Bertz CT molecular complexity index is 1160. The van der Waals surface area contributed by atoms with E-state index in [9.17, 15) is 4.79 Å². The number of carbonyl (C=O) groups excluding carboxylic acids is 1. The molecule has 1 saturated heterocycles. The molecular formula is C27H33ClN6O2. The Morgan fingerprint density at radius 2 is 1.97 bits per heavy atom. The van der Waals surface area contributed by atoms with E-state index in [0.29, 0.717) is 30.1 Å². The van der Waals surface area contributed by atoms with Crippen LogP contribution >= 0.6 is 11.6 Å². The molecule has 2 aliphatic heterocycles. The summed E-state index contributed by atoms with van der Waals surface area (Å²) in [5, 5.41) is 9.09. The molecule has 0 unspecified atom stereocenters. The van der Waals surface area contributed by atoms with Gasteiger partial charge >= 0.3 is 6.09 Å². The topological polar surface area (TPSA) is 73.6 Å². The van der Waals surface area contributed by atoms with Crippen molar-refractivity contribution >= 4 is 41.8 Å². The van der Waals surface area contributed by atoms with Crippen molar-refractivity contribution < 1.29 is 9.53 Å². The molecule has 2 aromatic rings. The maximum absolute atomic E-state index is 12.9. The molecule has 0 N–H and O–H groups in total. The van der Waals surface area contributed by atoms with Crippen LogP contribution in [0.1, 0.15) is 39.2 Å². The second-order valence-electron chi connectivity index (χ2n) is 11.1. The number of amidine groups is 1. The van der Waals surface area contributed by atoms with Crippen LogP contribution in [0.15, 0.2) is 52.8 Å². The van der Waals surface area contributed by atoms with E-state index in [-0.39, 0.29) is 12.0 Å². The summed E-state index contributed by atoms with van der Waals surface area (Å²) in [6, 6.07) is 11.8. The molecule has 0 bridgehead atoms. The molecule has 0 atom stereocenters. The zero-order chi connectivity index (χ0) is 25.5. The van der Waals surface area contributed by atoms with Crippen molar-refractivity contribution in [2.75, 3.05) is 36.0 Å². The van der Waals surface area contributed by atoms with Gasteiger partial charge in [0, 0.05) is 61.1 Å². The molecule has 1 saturated carbocycles. The molecule has 3 aliphatic rings. The van der Waals surface area contributed by atoms with Crippen molar-refractivity contribution in [1.29, 1.82) is 0 Å². The normalized spacial score (nSPS) is 19.8. The molecule has 1 amide bonds. The van der Waals surface area contributed by atoms with Crippen LogP contribution in [0.25, 0.3) is 0 Å². The van der Waals surface area contributed by atoms with Crippen LogP contribution < -0.4 is 9.80 Å². The standard InChI is InChI=1S/C27H33ClN6O2/c1-26(2,3)36-25(35)32-11-12-34(22-9-8-21(28)13-19(22)16-32)24(31-29-4)20-14-27(15-20)17-33(18-27)23-7-5-6-10-30-23/h5-10,13,20H,4,11-12,14-18H2,1-3H3/b31-24-. The lowest BCUT2D eigenvalue weighted by Crippen LogP contribution is -2.64. The number of benzene rings is 1. The van der Waals surface area contributed by atoms with Gasteiger partial charge in [0.1, 0.15) is 17.3 Å². The van der Waals surface area contributed by atoms with Gasteiger partial charge in [0.2, 0.25) is 0 Å². The van der Waals surface area contributed by atoms with Crippen molar-refractivity contribution in [1.82, 2.24) is 9.88 Å². The molecule has 36 heavy (non-hydrogen) atoms. The number of hydrogen-bond acceptors (Lipinski definition) is 6. The summed E-state index contributed by atoms with van der Waals surface area (Å²) in [4.78, 5) is 23.7. The molecule has 9 heteroatoms. The smallest absolute Gasteiger partial charge is 0.410 e. The Morgan fingerprint density at radius 3 is 2.64 bits per heavy atom. The van der Waals surface area contributed by atoms with Gasteiger partial charge < -0.3 is 19.4 Å². The van der Waals surface area contributed by atoms with Crippen molar-refractivity contribution in [2.24, 2.45) is 21.5 Å². The van der Waals surface area contributed by atoms with Crippen LogP contribution in [0.5, 0.6) is 0 Å². The monoisotopic (exact) mass is 508 g/mol. The highest BCUT2D eigenvalue weighted by Gasteiger charge is 2.55. The molecule has 190 valence electrons. The first-order valence-electron chi connectivity index (χ1n) is 12.4. The van der Waals surface area contributed by atoms with Crippen LogP contribution in [0.2, 0.25) is 5.02 Å². The number of anilines is 2. The van der Waals surface area contributed by atoms with Gasteiger partial charge in [-0.2, -0.15) is 5.10 Å². The summed E-state index contributed by atoms with van der Waals surface area (Å²) in [6.45, 7) is 12.8. The lowest BCUT2D eigenvalue weighted by molar-refractivity contribution is 0.0243. The van der Waals surface area contributed by atoms with E-state index in [1.807, 2.05) is 57.3 Å². The molecule has 3 heterocycles. The summed E-state index contributed by atoms with van der Waals surface area (Å²) in [5.74, 6) is 2.22. The number of ether oxygens (including phenoxy) is 1. The van der Waals surface area contributed by atoms with Gasteiger partial charge in [-0.3, -0.25) is 0 Å². The number of pyridine rings is 1. The van der Waals surface area contributed by atoms with Gasteiger partial charge in [0.05, 0.1) is 6.54 Å². The molecule has 5 rings (SSSR count). The van der Waals surface area contributed by atoms with E-state index in [4.69, 9.17) is 16.3 Å². The van der Waals surface area contributed by atoms with Crippen LogP contribution in [-0.2, 0) is 11.3 Å². The summed E-state index contributed by atoms with van der Waals surface area (Å²) in [6.07, 6.45) is 3.59. The number of rotatable bonds is 3. The largest absolute Gasteiger partial charge is 0.444 e.